The molecule has 1 unspecified atom stereocenters. The van der Waals surface area contributed by atoms with E-state index < -0.39 is 4.92 Å². The Hall–Kier alpha value is -1.06. The molecule has 0 amide bonds. The van der Waals surface area contributed by atoms with Crippen LogP contribution in [0.15, 0.2) is 24.3 Å². The average Bonchev–Trinajstić information content (AvgIpc) is 2.16. The van der Waals surface area contributed by atoms with Gasteiger partial charge in [-0.2, -0.15) is 0 Å². The molecule has 0 spiro atoms. The first-order valence-electron chi connectivity index (χ1n) is 4.27. The van der Waals surface area contributed by atoms with E-state index >= 15 is 0 Å². The number of benzene rings is 1. The Morgan fingerprint density at radius 1 is 1.53 bits per heavy atom. The quantitative estimate of drug-likeness (QED) is 0.461. The maximum absolute atomic E-state index is 10.5. The number of halogens is 2. The molecule has 0 N–H and O–H groups in total. The molecule has 0 saturated heterocycles. The molecule has 0 radical (unpaired) electrons. The molecular formula is C10H9Cl2NO2. The van der Waals surface area contributed by atoms with E-state index in [-0.39, 0.29) is 11.1 Å². The molecule has 0 aromatic heterocycles. The number of nitro groups is 1. The lowest BCUT2D eigenvalue weighted by Crippen LogP contribution is -1.89. The van der Waals surface area contributed by atoms with E-state index in [9.17, 15) is 10.1 Å². The zero-order valence-electron chi connectivity index (χ0n) is 7.98. The highest BCUT2D eigenvalue weighted by Gasteiger charge is 2.07. The van der Waals surface area contributed by atoms with Gasteiger partial charge in [-0.15, -0.1) is 11.6 Å². The van der Waals surface area contributed by atoms with Crippen LogP contribution < -0.4 is 0 Å². The van der Waals surface area contributed by atoms with Crippen LogP contribution in [0.4, 0.5) is 5.69 Å². The van der Waals surface area contributed by atoms with Gasteiger partial charge in [0.2, 0.25) is 0 Å². The van der Waals surface area contributed by atoms with Crippen molar-refractivity contribution in [3.8, 4) is 0 Å². The monoisotopic (exact) mass is 245 g/mol. The van der Waals surface area contributed by atoms with Gasteiger partial charge in [0.05, 0.1) is 4.92 Å². The summed E-state index contributed by atoms with van der Waals surface area (Å²) in [7, 11) is 0. The van der Waals surface area contributed by atoms with Crippen LogP contribution in [0.25, 0.3) is 6.08 Å². The number of nitro benzene ring substituents is 1. The SMILES string of the molecule is CC(Cl)/C=C/c1cc([N+](=O)[O-])ccc1Cl. The van der Waals surface area contributed by atoms with Crippen LogP contribution in [0, 0.1) is 10.1 Å². The molecule has 1 rings (SSSR count). The zero-order valence-corrected chi connectivity index (χ0v) is 9.50. The highest BCUT2D eigenvalue weighted by Crippen LogP contribution is 2.23. The van der Waals surface area contributed by atoms with Gasteiger partial charge >= 0.3 is 0 Å². The summed E-state index contributed by atoms with van der Waals surface area (Å²) < 4.78 is 0. The van der Waals surface area contributed by atoms with Crippen molar-refractivity contribution < 1.29 is 4.92 Å². The Labute approximate surface area is 97.5 Å². The number of alkyl halides is 1. The Morgan fingerprint density at radius 3 is 2.73 bits per heavy atom. The van der Waals surface area contributed by atoms with Crippen LogP contribution in [-0.2, 0) is 0 Å². The molecule has 0 aliphatic carbocycles. The van der Waals surface area contributed by atoms with Crippen molar-refractivity contribution in [1.29, 1.82) is 0 Å². The third-order valence-corrected chi connectivity index (χ3v) is 2.22. The first kappa shape index (κ1) is 12.0. The second kappa shape index (κ2) is 5.14. The fourth-order valence-electron chi connectivity index (χ4n) is 1.01. The zero-order chi connectivity index (χ0) is 11.4. The smallest absolute Gasteiger partial charge is 0.258 e. The van der Waals surface area contributed by atoms with Crippen LogP contribution in [0.3, 0.4) is 0 Å². The molecule has 3 nitrogen and oxygen atoms in total. The molecule has 5 heteroatoms. The standard InChI is InChI=1S/C10H9Cl2NO2/c1-7(11)2-3-8-6-9(13(14)15)4-5-10(8)12/h2-7H,1H3/b3-2+. The third-order valence-electron chi connectivity index (χ3n) is 1.73. The van der Waals surface area contributed by atoms with E-state index in [0.717, 1.165) is 0 Å². The van der Waals surface area contributed by atoms with E-state index in [1.54, 1.807) is 19.1 Å². The van der Waals surface area contributed by atoms with Gasteiger partial charge < -0.3 is 0 Å². The normalized spacial score (nSPS) is 13.0. The second-order valence-electron chi connectivity index (χ2n) is 3.00. The van der Waals surface area contributed by atoms with Gasteiger partial charge in [-0.05, 0) is 18.6 Å². The molecular weight excluding hydrogens is 237 g/mol. The maximum atomic E-state index is 10.5. The van der Waals surface area contributed by atoms with Crippen molar-refractivity contribution in [1.82, 2.24) is 0 Å². The predicted molar refractivity (Wildman–Crippen MR) is 62.5 cm³/mol. The molecule has 0 aliphatic heterocycles. The van der Waals surface area contributed by atoms with Crippen LogP contribution in [0.1, 0.15) is 12.5 Å². The van der Waals surface area contributed by atoms with Gasteiger partial charge in [-0.3, -0.25) is 10.1 Å². The number of allylic oxidation sites excluding steroid dienone is 1. The minimum absolute atomic E-state index is 0.0151. The summed E-state index contributed by atoms with van der Waals surface area (Å²) in [4.78, 5) is 10.1. The topological polar surface area (TPSA) is 43.1 Å². The number of hydrogen-bond acceptors (Lipinski definition) is 2. The summed E-state index contributed by atoms with van der Waals surface area (Å²) >= 11 is 11.6. The first-order chi connectivity index (χ1) is 7.00. The molecule has 15 heavy (non-hydrogen) atoms. The molecule has 0 bridgehead atoms. The van der Waals surface area contributed by atoms with Crippen LogP contribution >= 0.6 is 23.2 Å². The first-order valence-corrected chi connectivity index (χ1v) is 5.08. The van der Waals surface area contributed by atoms with Crippen LogP contribution in [0.5, 0.6) is 0 Å². The van der Waals surface area contributed by atoms with Gasteiger partial charge in [-0.25, -0.2) is 0 Å². The number of non-ortho nitro benzene ring substituents is 1. The lowest BCUT2D eigenvalue weighted by atomic mass is 10.2. The van der Waals surface area contributed by atoms with Crippen LogP contribution in [-0.4, -0.2) is 10.3 Å². The highest BCUT2D eigenvalue weighted by atomic mass is 35.5. The van der Waals surface area contributed by atoms with Gasteiger partial charge in [-0.1, -0.05) is 23.8 Å². The van der Waals surface area contributed by atoms with Gasteiger partial charge in [0.1, 0.15) is 0 Å². The van der Waals surface area contributed by atoms with Crippen LogP contribution in [0.2, 0.25) is 5.02 Å². The Balaban J connectivity index is 3.05. The van der Waals surface area contributed by atoms with Crippen molar-refractivity contribution in [3.05, 3.63) is 45.0 Å². The Morgan fingerprint density at radius 2 is 2.20 bits per heavy atom. The number of hydrogen-bond donors (Lipinski definition) is 0. The minimum Gasteiger partial charge on any atom is -0.258 e. The van der Waals surface area contributed by atoms with E-state index in [4.69, 9.17) is 23.2 Å². The molecule has 1 aromatic rings. The average molecular weight is 246 g/mol. The van der Waals surface area contributed by atoms with Crippen molar-refractivity contribution in [3.63, 3.8) is 0 Å². The Bertz CT molecular complexity index is 402. The second-order valence-corrected chi connectivity index (χ2v) is 4.10. The largest absolute Gasteiger partial charge is 0.270 e. The fourth-order valence-corrected chi connectivity index (χ4v) is 1.26. The maximum Gasteiger partial charge on any atom is 0.270 e. The molecule has 0 heterocycles. The summed E-state index contributed by atoms with van der Waals surface area (Å²) in [6.07, 6.45) is 3.39. The Kier molecular flexibility index (Phi) is 4.12. The van der Waals surface area contributed by atoms with Gasteiger partial charge in [0.25, 0.3) is 5.69 Å². The summed E-state index contributed by atoms with van der Waals surface area (Å²) in [5.74, 6) is 0. The summed E-state index contributed by atoms with van der Waals surface area (Å²) in [6, 6.07) is 4.28. The third kappa shape index (κ3) is 3.53. The predicted octanol–water partition coefficient (Wildman–Crippen LogP) is 3.89. The lowest BCUT2D eigenvalue weighted by molar-refractivity contribution is -0.384. The molecule has 1 atom stereocenters. The van der Waals surface area contributed by atoms with Crippen molar-refractivity contribution >= 4 is 35.0 Å². The van der Waals surface area contributed by atoms with Gasteiger partial charge in [0.15, 0.2) is 0 Å². The van der Waals surface area contributed by atoms with Crippen molar-refractivity contribution in [2.45, 2.75) is 12.3 Å². The van der Waals surface area contributed by atoms with E-state index in [2.05, 4.69) is 0 Å². The summed E-state index contributed by atoms with van der Waals surface area (Å²) in [5.41, 5.74) is 0.611. The van der Waals surface area contributed by atoms with E-state index in [1.165, 1.54) is 18.2 Å². The van der Waals surface area contributed by atoms with Gasteiger partial charge in [0, 0.05) is 22.5 Å². The molecule has 1 aromatic carbocycles. The number of rotatable bonds is 3. The highest BCUT2D eigenvalue weighted by molar-refractivity contribution is 6.32. The summed E-state index contributed by atoms with van der Waals surface area (Å²) in [5, 5.41) is 10.8. The lowest BCUT2D eigenvalue weighted by Gasteiger charge is -1.98. The van der Waals surface area contributed by atoms with E-state index in [0.29, 0.717) is 10.6 Å². The van der Waals surface area contributed by atoms with E-state index in [1.807, 2.05) is 0 Å². The molecule has 80 valence electrons. The number of nitrogens with zero attached hydrogens (tertiary/aromatic N) is 1. The molecule has 0 saturated carbocycles. The van der Waals surface area contributed by atoms with Crippen molar-refractivity contribution in [2.75, 3.05) is 0 Å². The minimum atomic E-state index is -0.461. The molecule has 0 aliphatic rings. The van der Waals surface area contributed by atoms with Crippen molar-refractivity contribution in [2.24, 2.45) is 0 Å². The summed E-state index contributed by atoms with van der Waals surface area (Å²) in [6.45, 7) is 1.79. The molecule has 0 fully saturated rings. The fraction of sp³-hybridized carbons (Fsp3) is 0.200.